The standard InChI is InChI=1S/C23H30OSSi/c1-16(2)26(17(3)4,18(5)6)24-21-13-11-19(12-14-21)23-15-20-9-7-8-10-22(20)25-23/h7-18H,1-6H3. The minimum atomic E-state index is -1.89. The minimum absolute atomic E-state index is 0.588. The first-order valence-corrected chi connectivity index (χ1v) is 12.6. The summed E-state index contributed by atoms with van der Waals surface area (Å²) in [5.41, 5.74) is 3.03. The lowest BCUT2D eigenvalue weighted by atomic mass is 10.1. The molecule has 1 heterocycles. The van der Waals surface area contributed by atoms with E-state index in [1.165, 1.54) is 20.5 Å². The number of hydrogen-bond donors (Lipinski definition) is 0. The van der Waals surface area contributed by atoms with Crippen molar-refractivity contribution in [2.24, 2.45) is 0 Å². The van der Waals surface area contributed by atoms with Gasteiger partial charge in [0.15, 0.2) is 0 Å². The summed E-state index contributed by atoms with van der Waals surface area (Å²) >= 11 is 1.85. The zero-order valence-electron chi connectivity index (χ0n) is 16.7. The Hall–Kier alpha value is -1.58. The van der Waals surface area contributed by atoms with Gasteiger partial charge in [0, 0.05) is 9.58 Å². The average Bonchev–Trinajstić information content (AvgIpc) is 3.03. The molecular formula is C23H30OSSi. The molecule has 3 heteroatoms. The molecule has 1 nitrogen and oxygen atoms in total. The lowest BCUT2D eigenvalue weighted by molar-refractivity contribution is 0.480. The van der Waals surface area contributed by atoms with Crippen LogP contribution in [0, 0.1) is 0 Å². The smallest absolute Gasteiger partial charge is 0.258 e. The highest BCUT2D eigenvalue weighted by Crippen LogP contribution is 2.43. The maximum atomic E-state index is 6.78. The van der Waals surface area contributed by atoms with Crippen LogP contribution in [0.2, 0.25) is 16.6 Å². The van der Waals surface area contributed by atoms with Crippen LogP contribution in [0.15, 0.2) is 54.6 Å². The van der Waals surface area contributed by atoms with Gasteiger partial charge in [-0.2, -0.15) is 0 Å². The third kappa shape index (κ3) is 3.47. The first-order chi connectivity index (χ1) is 12.3. The molecule has 138 valence electrons. The fourth-order valence-corrected chi connectivity index (χ4v) is 10.7. The van der Waals surface area contributed by atoms with Crippen LogP contribution in [0.3, 0.4) is 0 Å². The summed E-state index contributed by atoms with van der Waals surface area (Å²) in [6.45, 7) is 14.0. The molecule has 0 aliphatic heterocycles. The Kier molecular flexibility index (Phi) is 5.59. The summed E-state index contributed by atoms with van der Waals surface area (Å²) in [7, 11) is -1.89. The third-order valence-corrected chi connectivity index (χ3v) is 12.7. The highest BCUT2D eigenvalue weighted by Gasteiger charge is 2.46. The summed E-state index contributed by atoms with van der Waals surface area (Å²) in [6.07, 6.45) is 0. The molecule has 3 rings (SSSR count). The van der Waals surface area contributed by atoms with Crippen LogP contribution in [-0.4, -0.2) is 8.32 Å². The second kappa shape index (κ2) is 7.57. The van der Waals surface area contributed by atoms with Gasteiger partial charge < -0.3 is 4.43 Å². The van der Waals surface area contributed by atoms with Crippen molar-refractivity contribution in [2.45, 2.75) is 58.2 Å². The van der Waals surface area contributed by atoms with Gasteiger partial charge in [0.25, 0.3) is 8.32 Å². The van der Waals surface area contributed by atoms with Crippen molar-refractivity contribution in [1.82, 2.24) is 0 Å². The van der Waals surface area contributed by atoms with E-state index in [0.29, 0.717) is 16.6 Å². The molecule has 0 unspecified atom stereocenters. The summed E-state index contributed by atoms with van der Waals surface area (Å²) in [4.78, 5) is 1.32. The van der Waals surface area contributed by atoms with E-state index in [-0.39, 0.29) is 0 Å². The SMILES string of the molecule is CC(C)[Si](Oc1ccc(-c2cc3ccccc3s2)cc1)(C(C)C)C(C)C. The largest absolute Gasteiger partial charge is 0.543 e. The van der Waals surface area contributed by atoms with E-state index in [9.17, 15) is 0 Å². The van der Waals surface area contributed by atoms with E-state index in [1.54, 1.807) is 0 Å². The van der Waals surface area contributed by atoms with Crippen LogP contribution in [0.4, 0.5) is 0 Å². The number of benzene rings is 2. The lowest BCUT2D eigenvalue weighted by Crippen LogP contribution is -2.50. The number of hydrogen-bond acceptors (Lipinski definition) is 2. The zero-order chi connectivity index (χ0) is 18.9. The second-order valence-corrected chi connectivity index (χ2v) is 14.6. The summed E-state index contributed by atoms with van der Waals surface area (Å²) in [5, 5.41) is 1.32. The Morgan fingerprint density at radius 2 is 1.35 bits per heavy atom. The van der Waals surface area contributed by atoms with Gasteiger partial charge in [-0.25, -0.2) is 0 Å². The van der Waals surface area contributed by atoms with Gasteiger partial charge in [0.1, 0.15) is 5.75 Å². The van der Waals surface area contributed by atoms with Crippen molar-refractivity contribution >= 4 is 29.7 Å². The third-order valence-electron chi connectivity index (χ3n) is 5.57. The van der Waals surface area contributed by atoms with E-state index >= 15 is 0 Å². The number of rotatable bonds is 6. The summed E-state index contributed by atoms with van der Waals surface area (Å²) in [5.74, 6) is 1.03. The predicted molar refractivity (Wildman–Crippen MR) is 119 cm³/mol. The highest BCUT2D eigenvalue weighted by atomic mass is 32.1. The number of fused-ring (bicyclic) bond motifs is 1. The van der Waals surface area contributed by atoms with Crippen molar-refractivity contribution in [3.8, 4) is 16.2 Å². The molecule has 0 atom stereocenters. The molecule has 0 N–H and O–H groups in total. The van der Waals surface area contributed by atoms with Crippen LogP contribution in [0.5, 0.6) is 5.75 Å². The fraction of sp³-hybridized carbons (Fsp3) is 0.391. The van der Waals surface area contributed by atoms with Gasteiger partial charge in [0.05, 0.1) is 0 Å². The molecule has 0 aliphatic carbocycles. The highest BCUT2D eigenvalue weighted by molar-refractivity contribution is 7.22. The Morgan fingerprint density at radius 1 is 0.769 bits per heavy atom. The van der Waals surface area contributed by atoms with Gasteiger partial charge in [-0.1, -0.05) is 59.7 Å². The number of thiophene rings is 1. The Labute approximate surface area is 163 Å². The molecular weight excluding hydrogens is 352 g/mol. The van der Waals surface area contributed by atoms with Crippen LogP contribution in [-0.2, 0) is 0 Å². The maximum absolute atomic E-state index is 6.78. The van der Waals surface area contributed by atoms with Gasteiger partial charge in [0.2, 0.25) is 0 Å². The van der Waals surface area contributed by atoms with Gasteiger partial charge in [-0.15, -0.1) is 11.3 Å². The molecule has 0 aliphatic rings. The summed E-state index contributed by atoms with van der Waals surface area (Å²) in [6, 6.07) is 19.6. The van der Waals surface area contributed by atoms with E-state index < -0.39 is 8.32 Å². The molecule has 3 aromatic rings. The van der Waals surface area contributed by atoms with E-state index in [0.717, 1.165) is 5.75 Å². The van der Waals surface area contributed by atoms with E-state index in [2.05, 4.69) is 96.1 Å². The van der Waals surface area contributed by atoms with E-state index in [4.69, 9.17) is 4.43 Å². The second-order valence-electron chi connectivity index (χ2n) is 8.09. The Bertz CT molecular complexity index is 807. The Balaban J connectivity index is 1.89. The van der Waals surface area contributed by atoms with Crippen LogP contribution >= 0.6 is 11.3 Å². The molecule has 0 saturated heterocycles. The predicted octanol–water partition coefficient (Wildman–Crippen LogP) is 8.12. The molecule has 0 fully saturated rings. The molecule has 0 radical (unpaired) electrons. The Morgan fingerprint density at radius 3 is 1.88 bits per heavy atom. The monoisotopic (exact) mass is 382 g/mol. The molecule has 0 bridgehead atoms. The lowest BCUT2D eigenvalue weighted by Gasteiger charge is -2.42. The fourth-order valence-electron chi connectivity index (χ4n) is 4.37. The van der Waals surface area contributed by atoms with Crippen molar-refractivity contribution < 1.29 is 4.43 Å². The van der Waals surface area contributed by atoms with Crippen LogP contribution < -0.4 is 4.43 Å². The summed E-state index contributed by atoms with van der Waals surface area (Å²) < 4.78 is 8.12. The van der Waals surface area contributed by atoms with Crippen molar-refractivity contribution in [1.29, 1.82) is 0 Å². The molecule has 26 heavy (non-hydrogen) atoms. The van der Waals surface area contributed by atoms with Crippen LogP contribution in [0.1, 0.15) is 41.5 Å². The van der Waals surface area contributed by atoms with E-state index in [1.807, 2.05) is 11.3 Å². The van der Waals surface area contributed by atoms with Gasteiger partial charge in [-0.3, -0.25) is 0 Å². The normalized spacial score (nSPS) is 12.5. The molecule has 0 spiro atoms. The van der Waals surface area contributed by atoms with Gasteiger partial charge >= 0.3 is 0 Å². The van der Waals surface area contributed by atoms with Crippen molar-refractivity contribution in [3.63, 3.8) is 0 Å². The maximum Gasteiger partial charge on any atom is 0.258 e. The average molecular weight is 383 g/mol. The van der Waals surface area contributed by atoms with Crippen LogP contribution in [0.25, 0.3) is 20.5 Å². The first kappa shape index (κ1) is 19.2. The minimum Gasteiger partial charge on any atom is -0.543 e. The quantitative estimate of drug-likeness (QED) is 0.391. The molecule has 0 saturated carbocycles. The van der Waals surface area contributed by atoms with Crippen molar-refractivity contribution in [2.75, 3.05) is 0 Å². The van der Waals surface area contributed by atoms with Crippen molar-refractivity contribution in [3.05, 3.63) is 54.6 Å². The first-order valence-electron chi connectivity index (χ1n) is 9.62. The zero-order valence-corrected chi connectivity index (χ0v) is 18.6. The topological polar surface area (TPSA) is 9.23 Å². The molecule has 1 aromatic heterocycles. The molecule has 2 aromatic carbocycles. The molecule has 0 amide bonds. The van der Waals surface area contributed by atoms with Gasteiger partial charge in [-0.05, 0) is 64.0 Å².